The van der Waals surface area contributed by atoms with Gasteiger partial charge >= 0.3 is 11.9 Å². The maximum atomic E-state index is 11.3. The number of nitrogens with zero attached hydrogens (tertiary/aromatic N) is 1. The van der Waals surface area contributed by atoms with Gasteiger partial charge in [-0.1, -0.05) is 0 Å². The topological polar surface area (TPSA) is 85.7 Å². The molecule has 0 amide bonds. The molecule has 98 valence electrons. The Bertz CT molecular complexity index is 433. The quantitative estimate of drug-likeness (QED) is 0.818. The number of carboxylic acid groups (broad SMARTS) is 1. The first-order valence-corrected chi connectivity index (χ1v) is 5.32. The molecule has 0 aliphatic carbocycles. The zero-order valence-electron chi connectivity index (χ0n) is 10.5. The molecular weight excluding hydrogens is 238 g/mol. The minimum absolute atomic E-state index is 0.0837. The summed E-state index contributed by atoms with van der Waals surface area (Å²) in [5.74, 6) is -1.30. The smallest absolute Gasteiger partial charge is 0.354 e. The van der Waals surface area contributed by atoms with E-state index >= 15 is 0 Å². The molecule has 0 saturated carbocycles. The second-order valence-corrected chi connectivity index (χ2v) is 4.56. The Morgan fingerprint density at radius 1 is 1.33 bits per heavy atom. The van der Waals surface area contributed by atoms with Crippen molar-refractivity contribution in [3.05, 3.63) is 24.0 Å². The van der Waals surface area contributed by atoms with E-state index in [0.29, 0.717) is 5.75 Å². The molecule has 0 aliphatic heterocycles. The lowest BCUT2D eigenvalue weighted by molar-refractivity contribution is -0.157. The molecule has 1 N–H and O–H groups in total. The number of carboxylic acids is 1. The van der Waals surface area contributed by atoms with Gasteiger partial charge in [0.2, 0.25) is 0 Å². The molecule has 1 aromatic heterocycles. The van der Waals surface area contributed by atoms with Crippen molar-refractivity contribution >= 4 is 11.9 Å². The van der Waals surface area contributed by atoms with Crippen LogP contribution >= 0.6 is 0 Å². The number of pyridine rings is 1. The first-order chi connectivity index (χ1) is 8.28. The fourth-order valence-electron chi connectivity index (χ4n) is 1.11. The molecule has 1 heterocycles. The Morgan fingerprint density at radius 2 is 2.00 bits per heavy atom. The minimum Gasteiger partial charge on any atom is -0.480 e. The highest BCUT2D eigenvalue weighted by atomic mass is 16.6. The summed E-state index contributed by atoms with van der Waals surface area (Å²) in [6.45, 7) is 5.03. The summed E-state index contributed by atoms with van der Waals surface area (Å²) in [5.41, 5.74) is -0.647. The Balaban J connectivity index is 2.49. The van der Waals surface area contributed by atoms with Crippen LogP contribution in [0.2, 0.25) is 0 Å². The van der Waals surface area contributed by atoms with Gasteiger partial charge in [-0.15, -0.1) is 0 Å². The van der Waals surface area contributed by atoms with E-state index in [2.05, 4.69) is 4.98 Å². The maximum absolute atomic E-state index is 11.3. The summed E-state index contributed by atoms with van der Waals surface area (Å²) in [4.78, 5) is 25.6. The van der Waals surface area contributed by atoms with Crippen LogP contribution in [0.15, 0.2) is 18.3 Å². The number of aromatic carboxylic acids is 1. The number of hydrogen-bond acceptors (Lipinski definition) is 5. The lowest BCUT2D eigenvalue weighted by Gasteiger charge is -2.19. The lowest BCUT2D eigenvalue weighted by Crippen LogP contribution is -2.27. The van der Waals surface area contributed by atoms with Gasteiger partial charge < -0.3 is 14.6 Å². The Labute approximate surface area is 105 Å². The van der Waals surface area contributed by atoms with Crippen molar-refractivity contribution in [2.24, 2.45) is 0 Å². The average Bonchev–Trinajstić information content (AvgIpc) is 2.24. The molecule has 0 unspecified atom stereocenters. The van der Waals surface area contributed by atoms with Crippen molar-refractivity contribution in [2.45, 2.75) is 26.4 Å². The molecule has 18 heavy (non-hydrogen) atoms. The van der Waals surface area contributed by atoms with Crippen LogP contribution in [-0.2, 0) is 9.53 Å². The highest BCUT2D eigenvalue weighted by Gasteiger charge is 2.16. The number of carbonyl (C=O) groups is 2. The monoisotopic (exact) mass is 253 g/mol. The fourth-order valence-corrected chi connectivity index (χ4v) is 1.11. The summed E-state index contributed by atoms with van der Waals surface area (Å²) in [5, 5.41) is 8.64. The summed E-state index contributed by atoms with van der Waals surface area (Å²) in [7, 11) is 0. The van der Waals surface area contributed by atoms with E-state index in [1.54, 1.807) is 20.8 Å². The van der Waals surface area contributed by atoms with Crippen molar-refractivity contribution in [2.75, 3.05) is 6.61 Å². The van der Waals surface area contributed by atoms with E-state index in [0.717, 1.165) is 0 Å². The molecule has 6 nitrogen and oxygen atoms in total. The van der Waals surface area contributed by atoms with Gasteiger partial charge in [0, 0.05) is 0 Å². The molecular formula is C12H15NO5. The third-order valence-corrected chi connectivity index (χ3v) is 1.73. The first-order valence-electron chi connectivity index (χ1n) is 5.32. The third kappa shape index (κ3) is 4.82. The minimum atomic E-state index is -1.12. The van der Waals surface area contributed by atoms with Crippen molar-refractivity contribution in [1.29, 1.82) is 0 Å². The molecule has 0 aromatic carbocycles. The van der Waals surface area contributed by atoms with Crippen molar-refractivity contribution in [3.63, 3.8) is 0 Å². The van der Waals surface area contributed by atoms with Crippen molar-refractivity contribution in [1.82, 2.24) is 4.98 Å². The summed E-state index contributed by atoms with van der Waals surface area (Å²) >= 11 is 0. The van der Waals surface area contributed by atoms with E-state index in [1.165, 1.54) is 18.3 Å². The summed E-state index contributed by atoms with van der Waals surface area (Å²) in [6, 6.07) is 2.73. The second kappa shape index (κ2) is 5.48. The van der Waals surface area contributed by atoms with Crippen molar-refractivity contribution < 1.29 is 24.2 Å². The van der Waals surface area contributed by atoms with Gasteiger partial charge in [-0.2, -0.15) is 0 Å². The van der Waals surface area contributed by atoms with Crippen molar-refractivity contribution in [3.8, 4) is 5.75 Å². The van der Waals surface area contributed by atoms with Crippen LogP contribution in [0.4, 0.5) is 0 Å². The molecule has 1 aromatic rings. The predicted molar refractivity (Wildman–Crippen MR) is 62.5 cm³/mol. The maximum Gasteiger partial charge on any atom is 0.354 e. The molecule has 0 radical (unpaired) electrons. The first kappa shape index (κ1) is 14.0. The SMILES string of the molecule is CC(C)(C)OC(=O)COc1ccc(C(=O)O)nc1. The Morgan fingerprint density at radius 3 is 2.44 bits per heavy atom. The molecule has 0 fully saturated rings. The van der Waals surface area contributed by atoms with Gasteiger partial charge in [0.1, 0.15) is 17.0 Å². The standard InChI is InChI=1S/C12H15NO5/c1-12(2,3)18-10(14)7-17-8-4-5-9(11(15)16)13-6-8/h4-6H,7H2,1-3H3,(H,15,16). The number of aromatic nitrogens is 1. The normalized spacial score (nSPS) is 10.8. The van der Waals surface area contributed by atoms with Crippen LogP contribution < -0.4 is 4.74 Å². The number of hydrogen-bond donors (Lipinski definition) is 1. The number of ether oxygens (including phenoxy) is 2. The second-order valence-electron chi connectivity index (χ2n) is 4.56. The van der Waals surface area contributed by atoms with Gasteiger partial charge in [-0.25, -0.2) is 14.6 Å². The van der Waals surface area contributed by atoms with E-state index in [-0.39, 0.29) is 12.3 Å². The molecule has 6 heteroatoms. The number of esters is 1. The van der Waals surface area contributed by atoms with Gasteiger partial charge in [0.05, 0.1) is 6.20 Å². The van der Waals surface area contributed by atoms with Crippen LogP contribution in [0.25, 0.3) is 0 Å². The Kier molecular flexibility index (Phi) is 4.25. The van der Waals surface area contributed by atoms with E-state index in [1.807, 2.05) is 0 Å². The molecule has 0 saturated heterocycles. The van der Waals surface area contributed by atoms with E-state index in [9.17, 15) is 9.59 Å². The summed E-state index contributed by atoms with van der Waals surface area (Å²) in [6.07, 6.45) is 1.24. The molecule has 0 aliphatic rings. The lowest BCUT2D eigenvalue weighted by atomic mass is 10.2. The molecule has 0 atom stereocenters. The molecule has 0 bridgehead atoms. The predicted octanol–water partition coefficient (Wildman–Crippen LogP) is 1.50. The van der Waals surface area contributed by atoms with Crippen LogP contribution in [0.1, 0.15) is 31.3 Å². The zero-order chi connectivity index (χ0) is 13.8. The number of carbonyl (C=O) groups excluding carboxylic acids is 1. The third-order valence-electron chi connectivity index (χ3n) is 1.73. The Hall–Kier alpha value is -2.11. The van der Waals surface area contributed by atoms with Crippen LogP contribution in [-0.4, -0.2) is 34.2 Å². The van der Waals surface area contributed by atoms with Crippen LogP contribution in [0.3, 0.4) is 0 Å². The number of rotatable bonds is 4. The summed E-state index contributed by atoms with van der Waals surface area (Å²) < 4.78 is 10.2. The fraction of sp³-hybridized carbons (Fsp3) is 0.417. The van der Waals surface area contributed by atoms with Gasteiger partial charge in [-0.3, -0.25) is 0 Å². The van der Waals surface area contributed by atoms with E-state index < -0.39 is 17.5 Å². The molecule has 1 rings (SSSR count). The zero-order valence-corrected chi connectivity index (χ0v) is 10.5. The van der Waals surface area contributed by atoms with E-state index in [4.69, 9.17) is 14.6 Å². The highest BCUT2D eigenvalue weighted by Crippen LogP contribution is 2.11. The molecule has 0 spiro atoms. The largest absolute Gasteiger partial charge is 0.480 e. The van der Waals surface area contributed by atoms with Gasteiger partial charge in [0.25, 0.3) is 0 Å². The van der Waals surface area contributed by atoms with Crippen LogP contribution in [0.5, 0.6) is 5.75 Å². The van der Waals surface area contributed by atoms with Crippen LogP contribution in [0, 0.1) is 0 Å². The van der Waals surface area contributed by atoms with Gasteiger partial charge in [0.15, 0.2) is 6.61 Å². The highest BCUT2D eigenvalue weighted by molar-refractivity contribution is 5.85. The average molecular weight is 253 g/mol. The van der Waals surface area contributed by atoms with Gasteiger partial charge in [-0.05, 0) is 32.9 Å².